The summed E-state index contributed by atoms with van der Waals surface area (Å²) in [6.45, 7) is 0. The Labute approximate surface area is 69.8 Å². The van der Waals surface area contributed by atoms with E-state index in [1.807, 2.05) is 0 Å². The van der Waals surface area contributed by atoms with Crippen LogP contribution in [0, 0.1) is 0 Å². The minimum atomic E-state index is -0.634. The lowest BCUT2D eigenvalue weighted by Gasteiger charge is -2.04. The first-order chi connectivity index (χ1) is 5.21. The minimum absolute atomic E-state index is 0.609. The fraction of sp³-hybridized carbons (Fsp3) is 0.375. The van der Waals surface area contributed by atoms with Crippen LogP contribution in [0.25, 0.3) is 0 Å². The summed E-state index contributed by atoms with van der Waals surface area (Å²) in [6.07, 6.45) is 3.20. The molecule has 1 saturated carbocycles. The second-order valence-corrected chi connectivity index (χ2v) is 3.33. The molecule has 2 rings (SSSR count). The topological polar surface area (TPSA) is 33.1 Å². The van der Waals surface area contributed by atoms with E-state index in [0.717, 1.165) is 18.5 Å². The van der Waals surface area contributed by atoms with Crippen molar-refractivity contribution in [2.45, 2.75) is 18.4 Å². The van der Waals surface area contributed by atoms with Crippen LogP contribution in [0.2, 0.25) is 5.02 Å². The molecule has 1 N–H and O–H groups in total. The van der Waals surface area contributed by atoms with E-state index in [1.165, 1.54) is 0 Å². The molecule has 0 spiro atoms. The highest BCUT2D eigenvalue weighted by molar-refractivity contribution is 6.30. The highest BCUT2D eigenvalue weighted by atomic mass is 35.5. The van der Waals surface area contributed by atoms with Gasteiger partial charge in [-0.15, -0.1) is 0 Å². The number of hydrogen-bond acceptors (Lipinski definition) is 2. The van der Waals surface area contributed by atoms with Gasteiger partial charge in [-0.25, -0.2) is 0 Å². The highest BCUT2D eigenvalue weighted by Crippen LogP contribution is 2.44. The van der Waals surface area contributed by atoms with Gasteiger partial charge in [0.1, 0.15) is 5.60 Å². The molecule has 0 aromatic carbocycles. The lowest BCUT2D eigenvalue weighted by atomic mass is 10.2. The summed E-state index contributed by atoms with van der Waals surface area (Å²) in [5, 5.41) is 10.2. The molecule has 1 fully saturated rings. The fourth-order valence-corrected chi connectivity index (χ4v) is 1.14. The van der Waals surface area contributed by atoms with Gasteiger partial charge in [0.2, 0.25) is 0 Å². The van der Waals surface area contributed by atoms with E-state index in [0.29, 0.717) is 5.02 Å². The van der Waals surface area contributed by atoms with Crippen LogP contribution in [0.5, 0.6) is 0 Å². The largest absolute Gasteiger partial charge is 0.384 e. The van der Waals surface area contributed by atoms with Gasteiger partial charge in [-0.2, -0.15) is 0 Å². The van der Waals surface area contributed by atoms with Gasteiger partial charge in [-0.1, -0.05) is 11.6 Å². The molecule has 0 aliphatic heterocycles. The van der Waals surface area contributed by atoms with Crippen molar-refractivity contribution in [3.05, 3.63) is 29.0 Å². The molecule has 58 valence electrons. The second kappa shape index (κ2) is 2.19. The Balaban J connectivity index is 2.33. The Morgan fingerprint density at radius 2 is 2.18 bits per heavy atom. The Morgan fingerprint density at radius 1 is 1.45 bits per heavy atom. The summed E-state index contributed by atoms with van der Waals surface area (Å²) in [4.78, 5) is 4.03. The van der Waals surface area contributed by atoms with Crippen molar-refractivity contribution in [2.24, 2.45) is 0 Å². The summed E-state index contributed by atoms with van der Waals surface area (Å²) in [5.74, 6) is 0. The Kier molecular flexibility index (Phi) is 1.41. The number of pyridine rings is 1. The van der Waals surface area contributed by atoms with Crippen LogP contribution in [0.15, 0.2) is 18.3 Å². The molecule has 0 radical (unpaired) electrons. The molecular weight excluding hydrogens is 162 g/mol. The maximum Gasteiger partial charge on any atom is 0.107 e. The van der Waals surface area contributed by atoms with Gasteiger partial charge in [0, 0.05) is 6.20 Å². The third-order valence-corrected chi connectivity index (χ3v) is 2.15. The Bertz CT molecular complexity index is 266. The standard InChI is InChI=1S/C8H8ClNO/c9-6-1-2-7(10-5-6)8(11)3-4-8/h1-2,5,11H,3-4H2. The summed E-state index contributed by atoms with van der Waals surface area (Å²) in [5.41, 5.74) is 0.104. The van der Waals surface area contributed by atoms with Crippen molar-refractivity contribution in [2.75, 3.05) is 0 Å². The first kappa shape index (κ1) is 7.07. The average Bonchev–Trinajstić information content (AvgIpc) is 2.70. The second-order valence-electron chi connectivity index (χ2n) is 2.89. The normalized spacial score (nSPS) is 19.8. The lowest BCUT2D eigenvalue weighted by molar-refractivity contribution is 0.146. The van der Waals surface area contributed by atoms with Crippen molar-refractivity contribution in [1.82, 2.24) is 4.98 Å². The van der Waals surface area contributed by atoms with Crippen molar-refractivity contribution >= 4 is 11.6 Å². The van der Waals surface area contributed by atoms with Crippen LogP contribution < -0.4 is 0 Å². The highest BCUT2D eigenvalue weighted by Gasteiger charge is 2.43. The lowest BCUT2D eigenvalue weighted by Crippen LogP contribution is -2.05. The molecule has 0 amide bonds. The van der Waals surface area contributed by atoms with Gasteiger partial charge in [0.15, 0.2) is 0 Å². The zero-order valence-corrected chi connectivity index (χ0v) is 6.67. The number of halogens is 1. The molecule has 2 nitrogen and oxygen atoms in total. The van der Waals surface area contributed by atoms with Crippen LogP contribution in [-0.4, -0.2) is 10.1 Å². The SMILES string of the molecule is OC1(c2ccc(Cl)cn2)CC1. The number of aliphatic hydroxyl groups is 1. The molecule has 0 saturated heterocycles. The van der Waals surface area contributed by atoms with E-state index in [9.17, 15) is 5.11 Å². The van der Waals surface area contributed by atoms with E-state index >= 15 is 0 Å². The average molecular weight is 170 g/mol. The van der Waals surface area contributed by atoms with Crippen LogP contribution in [0.4, 0.5) is 0 Å². The zero-order valence-electron chi connectivity index (χ0n) is 5.92. The minimum Gasteiger partial charge on any atom is -0.384 e. The summed E-state index contributed by atoms with van der Waals surface area (Å²) >= 11 is 5.64. The van der Waals surface area contributed by atoms with Crippen LogP contribution in [0.3, 0.4) is 0 Å². The van der Waals surface area contributed by atoms with Gasteiger partial charge in [0.05, 0.1) is 10.7 Å². The van der Waals surface area contributed by atoms with Gasteiger partial charge in [-0.05, 0) is 25.0 Å². The number of aromatic nitrogens is 1. The first-order valence-electron chi connectivity index (χ1n) is 3.55. The molecule has 1 aliphatic rings. The van der Waals surface area contributed by atoms with Gasteiger partial charge < -0.3 is 5.11 Å². The van der Waals surface area contributed by atoms with E-state index in [1.54, 1.807) is 18.3 Å². The van der Waals surface area contributed by atoms with Crippen LogP contribution in [0.1, 0.15) is 18.5 Å². The predicted octanol–water partition coefficient (Wildman–Crippen LogP) is 1.72. The van der Waals surface area contributed by atoms with Gasteiger partial charge in [-0.3, -0.25) is 4.98 Å². The smallest absolute Gasteiger partial charge is 0.107 e. The van der Waals surface area contributed by atoms with E-state index in [-0.39, 0.29) is 0 Å². The third-order valence-electron chi connectivity index (χ3n) is 1.93. The predicted molar refractivity (Wildman–Crippen MR) is 42.4 cm³/mol. The molecule has 1 aromatic rings. The molecular formula is C8H8ClNO. The van der Waals surface area contributed by atoms with Crippen molar-refractivity contribution in [1.29, 1.82) is 0 Å². The van der Waals surface area contributed by atoms with Gasteiger partial charge in [0.25, 0.3) is 0 Å². The van der Waals surface area contributed by atoms with Crippen LogP contribution in [-0.2, 0) is 5.60 Å². The molecule has 0 atom stereocenters. The zero-order chi connectivity index (χ0) is 7.90. The summed E-state index contributed by atoms with van der Waals surface area (Å²) in [6, 6.07) is 3.52. The van der Waals surface area contributed by atoms with Crippen molar-refractivity contribution in [3.63, 3.8) is 0 Å². The van der Waals surface area contributed by atoms with Crippen LogP contribution >= 0.6 is 11.6 Å². The van der Waals surface area contributed by atoms with Gasteiger partial charge >= 0.3 is 0 Å². The molecule has 1 aromatic heterocycles. The molecule has 1 heterocycles. The van der Waals surface area contributed by atoms with E-state index in [4.69, 9.17) is 11.6 Å². The molecule has 3 heteroatoms. The van der Waals surface area contributed by atoms with Crippen molar-refractivity contribution in [3.8, 4) is 0 Å². The Morgan fingerprint density at radius 3 is 2.64 bits per heavy atom. The van der Waals surface area contributed by atoms with Crippen molar-refractivity contribution < 1.29 is 5.11 Å². The summed E-state index contributed by atoms with van der Waals surface area (Å²) < 4.78 is 0. The summed E-state index contributed by atoms with van der Waals surface area (Å²) in [7, 11) is 0. The third kappa shape index (κ3) is 1.24. The molecule has 1 aliphatic carbocycles. The van der Waals surface area contributed by atoms with E-state index < -0.39 is 5.60 Å². The maximum atomic E-state index is 9.59. The molecule has 0 unspecified atom stereocenters. The van der Waals surface area contributed by atoms with E-state index in [2.05, 4.69) is 4.98 Å². The fourth-order valence-electron chi connectivity index (χ4n) is 1.03. The monoisotopic (exact) mass is 169 g/mol. The molecule has 11 heavy (non-hydrogen) atoms. The Hall–Kier alpha value is -0.600. The quantitative estimate of drug-likeness (QED) is 0.695. The molecule has 0 bridgehead atoms. The maximum absolute atomic E-state index is 9.59. The number of rotatable bonds is 1. The number of hydrogen-bond donors (Lipinski definition) is 1. The first-order valence-corrected chi connectivity index (χ1v) is 3.93. The number of nitrogens with zero attached hydrogens (tertiary/aromatic N) is 1.